The lowest BCUT2D eigenvalue weighted by atomic mass is 9.85. The number of nitrogens with zero attached hydrogens (tertiary/aromatic N) is 1. The number of hydrogen-bond donors (Lipinski definition) is 1. The van der Waals surface area contributed by atoms with Gasteiger partial charge < -0.3 is 10.1 Å². The van der Waals surface area contributed by atoms with Crippen LogP contribution < -0.4 is 10.1 Å². The topological polar surface area (TPSA) is 51.2 Å². The Hall–Kier alpha value is -3.37. The molecule has 30 heavy (non-hydrogen) atoms. The van der Waals surface area contributed by atoms with E-state index in [0.717, 1.165) is 46.3 Å². The molecule has 1 aromatic heterocycles. The Balaban J connectivity index is 1.68. The zero-order chi connectivity index (χ0) is 20.7. The van der Waals surface area contributed by atoms with Crippen LogP contribution >= 0.6 is 11.6 Å². The van der Waals surface area contributed by atoms with Crippen LogP contribution in [0.15, 0.2) is 66.7 Å². The SMILES string of the molecule is COc1ccc(NC(=O)c2c3c(nc4ccc(Cl)cc24)-c2ccccc2CC3)cc1. The zero-order valence-electron chi connectivity index (χ0n) is 16.4. The van der Waals surface area contributed by atoms with E-state index in [0.29, 0.717) is 16.3 Å². The number of rotatable bonds is 3. The Kier molecular flexibility index (Phi) is 4.64. The number of carbonyl (C=O) groups excluding carboxylic acids is 1. The minimum atomic E-state index is -0.162. The van der Waals surface area contributed by atoms with E-state index in [1.165, 1.54) is 5.56 Å². The fourth-order valence-electron chi connectivity index (χ4n) is 4.10. The number of benzene rings is 3. The van der Waals surface area contributed by atoms with Gasteiger partial charge in [0.25, 0.3) is 5.91 Å². The molecule has 0 saturated heterocycles. The van der Waals surface area contributed by atoms with Gasteiger partial charge in [-0.2, -0.15) is 0 Å². The molecule has 148 valence electrons. The fraction of sp³-hybridized carbons (Fsp3) is 0.120. The lowest BCUT2D eigenvalue weighted by Gasteiger charge is -2.23. The summed E-state index contributed by atoms with van der Waals surface area (Å²) in [6.45, 7) is 0. The number of amides is 1. The van der Waals surface area contributed by atoms with Crippen molar-refractivity contribution >= 4 is 34.1 Å². The monoisotopic (exact) mass is 414 g/mol. The summed E-state index contributed by atoms with van der Waals surface area (Å²) in [5.41, 5.74) is 6.30. The maximum Gasteiger partial charge on any atom is 0.256 e. The van der Waals surface area contributed by atoms with Gasteiger partial charge in [-0.25, -0.2) is 4.98 Å². The first-order chi connectivity index (χ1) is 14.6. The van der Waals surface area contributed by atoms with Crippen molar-refractivity contribution in [3.8, 4) is 17.0 Å². The first-order valence-electron chi connectivity index (χ1n) is 9.80. The average molecular weight is 415 g/mol. The van der Waals surface area contributed by atoms with Crippen LogP contribution in [0.1, 0.15) is 21.5 Å². The molecular formula is C25H19ClN2O2. The summed E-state index contributed by atoms with van der Waals surface area (Å²) in [4.78, 5) is 18.4. The normalized spacial score (nSPS) is 12.2. The summed E-state index contributed by atoms with van der Waals surface area (Å²) in [6, 6.07) is 21.1. The second-order valence-corrected chi connectivity index (χ2v) is 7.75. The van der Waals surface area contributed by atoms with Crippen molar-refractivity contribution < 1.29 is 9.53 Å². The summed E-state index contributed by atoms with van der Waals surface area (Å²) < 4.78 is 5.20. The van der Waals surface area contributed by atoms with Gasteiger partial charge in [0.05, 0.1) is 23.9 Å². The predicted molar refractivity (Wildman–Crippen MR) is 121 cm³/mol. The maximum absolute atomic E-state index is 13.5. The third-order valence-electron chi connectivity index (χ3n) is 5.54. The highest BCUT2D eigenvalue weighted by atomic mass is 35.5. The molecule has 5 rings (SSSR count). The Bertz CT molecular complexity index is 1280. The fourth-order valence-corrected chi connectivity index (χ4v) is 4.27. The van der Waals surface area contributed by atoms with E-state index in [-0.39, 0.29) is 5.91 Å². The molecule has 4 aromatic rings. The molecule has 0 atom stereocenters. The van der Waals surface area contributed by atoms with Gasteiger partial charge in [-0.15, -0.1) is 0 Å². The van der Waals surface area contributed by atoms with Crippen LogP contribution in [-0.4, -0.2) is 18.0 Å². The van der Waals surface area contributed by atoms with E-state index in [4.69, 9.17) is 21.3 Å². The van der Waals surface area contributed by atoms with Gasteiger partial charge in [-0.3, -0.25) is 4.79 Å². The van der Waals surface area contributed by atoms with Crippen molar-refractivity contribution in [2.24, 2.45) is 0 Å². The second kappa shape index (κ2) is 7.47. The molecular weight excluding hydrogens is 396 g/mol. The van der Waals surface area contributed by atoms with Gasteiger partial charge in [0.1, 0.15) is 5.75 Å². The van der Waals surface area contributed by atoms with Gasteiger partial charge in [0.15, 0.2) is 0 Å². The standard InChI is InChI=1S/C25H19ClN2O2/c1-30-18-10-8-17(9-11-18)27-25(29)23-20-12-6-15-4-2-3-5-19(15)24(20)28-22-13-7-16(26)14-21(22)23/h2-5,7-11,13-14H,6,12H2,1H3,(H,27,29). The summed E-state index contributed by atoms with van der Waals surface area (Å²) in [6.07, 6.45) is 1.63. The van der Waals surface area contributed by atoms with Crippen molar-refractivity contribution in [1.29, 1.82) is 0 Å². The first-order valence-corrected chi connectivity index (χ1v) is 10.2. The minimum Gasteiger partial charge on any atom is -0.497 e. The lowest BCUT2D eigenvalue weighted by Crippen LogP contribution is -2.18. The predicted octanol–water partition coefficient (Wildman–Crippen LogP) is 5.91. The number of anilines is 1. The molecule has 1 heterocycles. The van der Waals surface area contributed by atoms with E-state index in [9.17, 15) is 4.79 Å². The first kappa shape index (κ1) is 18.6. The third kappa shape index (κ3) is 3.19. The molecule has 0 bridgehead atoms. The van der Waals surface area contributed by atoms with Crippen molar-refractivity contribution in [3.63, 3.8) is 0 Å². The molecule has 1 N–H and O–H groups in total. The highest BCUT2D eigenvalue weighted by Crippen LogP contribution is 2.37. The van der Waals surface area contributed by atoms with Crippen molar-refractivity contribution in [3.05, 3.63) is 88.4 Å². The Labute approximate surface area is 179 Å². The molecule has 0 unspecified atom stereocenters. The molecule has 3 aromatic carbocycles. The van der Waals surface area contributed by atoms with Crippen LogP contribution in [0.4, 0.5) is 5.69 Å². The number of aryl methyl sites for hydroxylation is 1. The number of hydrogen-bond acceptors (Lipinski definition) is 3. The number of ether oxygens (including phenoxy) is 1. The molecule has 4 nitrogen and oxygen atoms in total. The number of fused-ring (bicyclic) bond motifs is 4. The van der Waals surface area contributed by atoms with Crippen LogP contribution in [0, 0.1) is 0 Å². The van der Waals surface area contributed by atoms with Crippen LogP contribution in [0.25, 0.3) is 22.2 Å². The molecule has 0 radical (unpaired) electrons. The van der Waals surface area contributed by atoms with Gasteiger partial charge >= 0.3 is 0 Å². The van der Waals surface area contributed by atoms with E-state index >= 15 is 0 Å². The Morgan fingerprint density at radius 1 is 1.03 bits per heavy atom. The largest absolute Gasteiger partial charge is 0.497 e. The number of pyridine rings is 1. The van der Waals surface area contributed by atoms with Gasteiger partial charge in [0, 0.05) is 21.7 Å². The van der Waals surface area contributed by atoms with Gasteiger partial charge in [-0.1, -0.05) is 35.9 Å². The van der Waals surface area contributed by atoms with Gasteiger partial charge in [-0.05, 0) is 66.4 Å². The quantitative estimate of drug-likeness (QED) is 0.453. The second-order valence-electron chi connectivity index (χ2n) is 7.32. The number of aromatic nitrogens is 1. The Morgan fingerprint density at radius 3 is 2.63 bits per heavy atom. The molecule has 1 aliphatic carbocycles. The minimum absolute atomic E-state index is 0.162. The van der Waals surface area contributed by atoms with Crippen LogP contribution in [0.3, 0.4) is 0 Å². The molecule has 1 amide bonds. The summed E-state index contributed by atoms with van der Waals surface area (Å²) in [5.74, 6) is 0.577. The smallest absolute Gasteiger partial charge is 0.256 e. The van der Waals surface area contributed by atoms with Crippen LogP contribution in [0.2, 0.25) is 5.02 Å². The molecule has 0 spiro atoms. The molecule has 1 aliphatic rings. The molecule has 0 fully saturated rings. The van der Waals surface area contributed by atoms with Gasteiger partial charge in [0.2, 0.25) is 0 Å². The highest BCUT2D eigenvalue weighted by Gasteiger charge is 2.25. The lowest BCUT2D eigenvalue weighted by molar-refractivity contribution is 0.102. The molecule has 0 aliphatic heterocycles. The van der Waals surface area contributed by atoms with E-state index in [1.807, 2.05) is 54.6 Å². The average Bonchev–Trinajstić information content (AvgIpc) is 2.78. The number of nitrogens with one attached hydrogen (secondary N) is 1. The van der Waals surface area contributed by atoms with E-state index < -0.39 is 0 Å². The van der Waals surface area contributed by atoms with E-state index in [2.05, 4.69) is 17.4 Å². The van der Waals surface area contributed by atoms with Crippen molar-refractivity contribution in [2.45, 2.75) is 12.8 Å². The van der Waals surface area contributed by atoms with E-state index in [1.54, 1.807) is 7.11 Å². The Morgan fingerprint density at radius 2 is 1.83 bits per heavy atom. The van der Waals surface area contributed by atoms with Crippen molar-refractivity contribution in [2.75, 3.05) is 12.4 Å². The zero-order valence-corrected chi connectivity index (χ0v) is 17.2. The van der Waals surface area contributed by atoms with Crippen LogP contribution in [-0.2, 0) is 12.8 Å². The summed E-state index contributed by atoms with van der Waals surface area (Å²) in [7, 11) is 1.62. The maximum atomic E-state index is 13.5. The summed E-state index contributed by atoms with van der Waals surface area (Å²) >= 11 is 6.28. The summed E-state index contributed by atoms with van der Waals surface area (Å²) in [5, 5.41) is 4.38. The number of halogens is 1. The third-order valence-corrected chi connectivity index (χ3v) is 5.77. The highest BCUT2D eigenvalue weighted by molar-refractivity contribution is 6.31. The molecule has 0 saturated carbocycles. The number of methoxy groups -OCH3 is 1. The van der Waals surface area contributed by atoms with Crippen molar-refractivity contribution in [1.82, 2.24) is 4.98 Å². The number of carbonyl (C=O) groups is 1. The van der Waals surface area contributed by atoms with Crippen LogP contribution in [0.5, 0.6) is 5.75 Å². The molecule has 5 heteroatoms.